The van der Waals surface area contributed by atoms with E-state index in [1.54, 1.807) is 0 Å². The number of nitrogens with zero attached hydrogens (tertiary/aromatic N) is 2. The Hall–Kier alpha value is -1.95. The van der Waals surface area contributed by atoms with Gasteiger partial charge < -0.3 is 10.1 Å². The van der Waals surface area contributed by atoms with Crippen LogP contribution < -0.4 is 5.32 Å². The maximum absolute atomic E-state index is 11.2. The number of hydrogen-bond donors (Lipinski definition) is 1. The zero-order chi connectivity index (χ0) is 13.8. The molecule has 0 fully saturated rings. The second-order valence-corrected chi connectivity index (χ2v) is 4.78. The third-order valence-electron chi connectivity index (χ3n) is 2.51. The SMILES string of the molecule is COC(=O)c1cnc(Nc2cc(Br)ccc2C)cn1. The molecule has 0 unspecified atom stereocenters. The Morgan fingerprint density at radius 2 is 2.11 bits per heavy atom. The Bertz CT molecular complexity index is 599. The van der Waals surface area contributed by atoms with Crippen molar-refractivity contribution in [1.82, 2.24) is 9.97 Å². The van der Waals surface area contributed by atoms with Crippen molar-refractivity contribution in [2.24, 2.45) is 0 Å². The smallest absolute Gasteiger partial charge is 0.358 e. The van der Waals surface area contributed by atoms with Gasteiger partial charge in [0.25, 0.3) is 0 Å². The lowest BCUT2D eigenvalue weighted by Crippen LogP contribution is -2.06. The molecule has 19 heavy (non-hydrogen) atoms. The Labute approximate surface area is 119 Å². The predicted octanol–water partition coefficient (Wildman–Crippen LogP) is 3.08. The Morgan fingerprint density at radius 1 is 1.32 bits per heavy atom. The lowest BCUT2D eigenvalue weighted by atomic mass is 10.2. The van der Waals surface area contributed by atoms with Gasteiger partial charge in [0.2, 0.25) is 0 Å². The zero-order valence-electron chi connectivity index (χ0n) is 10.5. The Kier molecular flexibility index (Phi) is 4.11. The van der Waals surface area contributed by atoms with Crippen molar-refractivity contribution in [3.8, 4) is 0 Å². The maximum atomic E-state index is 11.2. The molecule has 0 spiro atoms. The van der Waals surface area contributed by atoms with Gasteiger partial charge in [0.1, 0.15) is 5.82 Å². The van der Waals surface area contributed by atoms with E-state index in [0.717, 1.165) is 15.7 Å². The molecule has 0 saturated heterocycles. The highest BCUT2D eigenvalue weighted by atomic mass is 79.9. The van der Waals surface area contributed by atoms with Crippen LogP contribution in [0.15, 0.2) is 35.1 Å². The summed E-state index contributed by atoms with van der Waals surface area (Å²) in [6.07, 6.45) is 2.87. The summed E-state index contributed by atoms with van der Waals surface area (Å²) in [6.45, 7) is 1.99. The molecule has 1 aromatic heterocycles. The first-order chi connectivity index (χ1) is 9.10. The summed E-state index contributed by atoms with van der Waals surface area (Å²) in [5, 5.41) is 3.14. The minimum atomic E-state index is -0.502. The van der Waals surface area contributed by atoms with E-state index in [0.29, 0.717) is 5.82 Å². The lowest BCUT2D eigenvalue weighted by Gasteiger charge is -2.09. The van der Waals surface area contributed by atoms with Gasteiger partial charge in [-0.15, -0.1) is 0 Å². The first-order valence-corrected chi connectivity index (χ1v) is 6.33. The molecule has 98 valence electrons. The number of carbonyl (C=O) groups is 1. The number of ether oxygens (including phenoxy) is 1. The first kappa shape index (κ1) is 13.5. The van der Waals surface area contributed by atoms with E-state index >= 15 is 0 Å². The number of nitrogens with one attached hydrogen (secondary N) is 1. The molecule has 0 atom stereocenters. The van der Waals surface area contributed by atoms with Crippen molar-refractivity contribution in [3.63, 3.8) is 0 Å². The van der Waals surface area contributed by atoms with Crippen LogP contribution in [0.1, 0.15) is 16.1 Å². The van der Waals surface area contributed by atoms with E-state index in [-0.39, 0.29) is 5.69 Å². The molecule has 0 aliphatic rings. The average molecular weight is 322 g/mol. The average Bonchev–Trinajstić information content (AvgIpc) is 2.43. The van der Waals surface area contributed by atoms with Gasteiger partial charge in [0, 0.05) is 10.2 Å². The van der Waals surface area contributed by atoms with E-state index in [9.17, 15) is 4.79 Å². The normalized spacial score (nSPS) is 10.1. The van der Waals surface area contributed by atoms with Gasteiger partial charge in [-0.25, -0.2) is 14.8 Å². The molecule has 1 aromatic carbocycles. The number of rotatable bonds is 3. The van der Waals surface area contributed by atoms with E-state index in [1.165, 1.54) is 19.5 Å². The molecule has 0 saturated carbocycles. The van der Waals surface area contributed by atoms with Crippen molar-refractivity contribution < 1.29 is 9.53 Å². The summed E-state index contributed by atoms with van der Waals surface area (Å²) in [5.41, 5.74) is 2.19. The monoisotopic (exact) mass is 321 g/mol. The fourth-order valence-electron chi connectivity index (χ4n) is 1.47. The topological polar surface area (TPSA) is 64.1 Å². The molecule has 0 radical (unpaired) electrons. The number of benzene rings is 1. The Morgan fingerprint density at radius 3 is 2.74 bits per heavy atom. The molecule has 2 rings (SSSR count). The van der Waals surface area contributed by atoms with Crippen LogP contribution in [0.5, 0.6) is 0 Å². The van der Waals surface area contributed by atoms with E-state index in [4.69, 9.17) is 0 Å². The standard InChI is InChI=1S/C13H12BrN3O2/c1-8-3-4-9(14)5-10(8)17-12-7-15-11(6-16-12)13(18)19-2/h3-7H,1-2H3,(H,16,17). The number of carbonyl (C=O) groups excluding carboxylic acids is 1. The summed E-state index contributed by atoms with van der Waals surface area (Å²) in [5.74, 6) is 0.0616. The molecular weight excluding hydrogens is 310 g/mol. The number of aryl methyl sites for hydroxylation is 1. The van der Waals surface area contributed by atoms with E-state index in [1.807, 2.05) is 25.1 Å². The predicted molar refractivity (Wildman–Crippen MR) is 75.5 cm³/mol. The molecule has 6 heteroatoms. The molecule has 5 nitrogen and oxygen atoms in total. The third kappa shape index (κ3) is 3.29. The van der Waals surface area contributed by atoms with Gasteiger partial charge in [0.05, 0.1) is 19.5 Å². The van der Waals surface area contributed by atoms with Crippen molar-refractivity contribution in [1.29, 1.82) is 0 Å². The van der Waals surface area contributed by atoms with Gasteiger partial charge in [-0.3, -0.25) is 0 Å². The molecule has 0 aliphatic heterocycles. The van der Waals surface area contributed by atoms with E-state index < -0.39 is 5.97 Å². The molecule has 2 aromatic rings. The molecule has 0 aliphatic carbocycles. The van der Waals surface area contributed by atoms with Crippen molar-refractivity contribution in [2.75, 3.05) is 12.4 Å². The quantitative estimate of drug-likeness (QED) is 0.880. The van der Waals surface area contributed by atoms with E-state index in [2.05, 4.69) is 36.0 Å². The molecular formula is C13H12BrN3O2. The summed E-state index contributed by atoms with van der Waals surface area (Å²) in [7, 11) is 1.31. The molecule has 0 amide bonds. The van der Waals surface area contributed by atoms with Crippen LogP contribution in [-0.2, 0) is 4.74 Å². The van der Waals surface area contributed by atoms with Crippen LogP contribution in [0, 0.1) is 6.92 Å². The maximum Gasteiger partial charge on any atom is 0.358 e. The highest BCUT2D eigenvalue weighted by molar-refractivity contribution is 9.10. The molecule has 0 bridgehead atoms. The highest BCUT2D eigenvalue weighted by Crippen LogP contribution is 2.23. The highest BCUT2D eigenvalue weighted by Gasteiger charge is 2.08. The van der Waals surface area contributed by atoms with Crippen LogP contribution in [0.25, 0.3) is 0 Å². The van der Waals surface area contributed by atoms with Gasteiger partial charge >= 0.3 is 5.97 Å². The van der Waals surface area contributed by atoms with Crippen molar-refractivity contribution in [2.45, 2.75) is 6.92 Å². The third-order valence-corrected chi connectivity index (χ3v) is 3.00. The summed E-state index contributed by atoms with van der Waals surface area (Å²) < 4.78 is 5.53. The number of halogens is 1. The number of methoxy groups -OCH3 is 1. The minimum Gasteiger partial charge on any atom is -0.464 e. The minimum absolute atomic E-state index is 0.180. The second-order valence-electron chi connectivity index (χ2n) is 3.86. The van der Waals surface area contributed by atoms with Crippen molar-refractivity contribution in [3.05, 3.63) is 46.3 Å². The van der Waals surface area contributed by atoms with Crippen LogP contribution >= 0.6 is 15.9 Å². The number of aromatic nitrogens is 2. The van der Waals surface area contributed by atoms with Gasteiger partial charge in [-0.2, -0.15) is 0 Å². The summed E-state index contributed by atoms with van der Waals surface area (Å²) in [6, 6.07) is 5.90. The summed E-state index contributed by atoms with van der Waals surface area (Å²) in [4.78, 5) is 19.3. The fraction of sp³-hybridized carbons (Fsp3) is 0.154. The van der Waals surface area contributed by atoms with Crippen LogP contribution in [0.4, 0.5) is 11.5 Å². The fourth-order valence-corrected chi connectivity index (χ4v) is 1.83. The van der Waals surface area contributed by atoms with Gasteiger partial charge in [-0.1, -0.05) is 22.0 Å². The molecule has 1 N–H and O–H groups in total. The van der Waals surface area contributed by atoms with Crippen LogP contribution in [0.2, 0.25) is 0 Å². The van der Waals surface area contributed by atoms with Gasteiger partial charge in [-0.05, 0) is 24.6 Å². The zero-order valence-corrected chi connectivity index (χ0v) is 12.1. The van der Waals surface area contributed by atoms with Gasteiger partial charge in [0.15, 0.2) is 5.69 Å². The summed E-state index contributed by atoms with van der Waals surface area (Å²) >= 11 is 3.41. The number of hydrogen-bond acceptors (Lipinski definition) is 5. The second kappa shape index (κ2) is 5.79. The van der Waals surface area contributed by atoms with Crippen LogP contribution in [-0.4, -0.2) is 23.0 Å². The molecule has 1 heterocycles. The number of anilines is 2. The Balaban J connectivity index is 2.19. The lowest BCUT2D eigenvalue weighted by molar-refractivity contribution is 0.0593. The first-order valence-electron chi connectivity index (χ1n) is 5.53. The largest absolute Gasteiger partial charge is 0.464 e. The van der Waals surface area contributed by atoms with Crippen LogP contribution in [0.3, 0.4) is 0 Å². The number of esters is 1. The van der Waals surface area contributed by atoms with Crippen molar-refractivity contribution >= 4 is 33.4 Å².